The van der Waals surface area contributed by atoms with Gasteiger partial charge in [-0.2, -0.15) is 0 Å². The average Bonchev–Trinajstić information content (AvgIpc) is 2.88. The third-order valence-corrected chi connectivity index (χ3v) is 3.39. The van der Waals surface area contributed by atoms with Crippen molar-refractivity contribution in [3.63, 3.8) is 0 Å². The molecule has 1 aliphatic heterocycles. The SMILES string of the molecule is O=C(O)C1CCCN(Nc2ncnc3[nH]ccc23)C1. The number of fused-ring (bicyclic) bond motifs is 1. The lowest BCUT2D eigenvalue weighted by Gasteiger charge is -2.31. The van der Waals surface area contributed by atoms with Crippen molar-refractivity contribution in [3.05, 3.63) is 18.6 Å². The molecular formula is C12H15N5O2. The number of rotatable bonds is 3. The Labute approximate surface area is 109 Å². The first-order valence-electron chi connectivity index (χ1n) is 6.26. The van der Waals surface area contributed by atoms with E-state index in [1.165, 1.54) is 6.33 Å². The molecule has 3 rings (SSSR count). The fourth-order valence-corrected chi connectivity index (χ4v) is 2.39. The first-order chi connectivity index (χ1) is 9.24. The summed E-state index contributed by atoms with van der Waals surface area (Å²) in [5.74, 6) is -0.344. The fraction of sp³-hybridized carbons (Fsp3) is 0.417. The molecule has 1 atom stereocenters. The number of carboxylic acid groups (broad SMARTS) is 1. The van der Waals surface area contributed by atoms with E-state index in [0.717, 1.165) is 30.4 Å². The number of anilines is 1. The number of nitrogens with zero attached hydrogens (tertiary/aromatic N) is 3. The molecule has 0 radical (unpaired) electrons. The lowest BCUT2D eigenvalue weighted by Crippen LogP contribution is -2.42. The second-order valence-electron chi connectivity index (χ2n) is 4.70. The van der Waals surface area contributed by atoms with Crippen LogP contribution in [0.25, 0.3) is 11.0 Å². The van der Waals surface area contributed by atoms with Gasteiger partial charge in [-0.25, -0.2) is 15.0 Å². The Morgan fingerprint density at radius 3 is 3.26 bits per heavy atom. The molecule has 1 unspecified atom stereocenters. The number of hydrogen-bond donors (Lipinski definition) is 3. The standard InChI is InChI=1S/C12H15N5O2/c18-12(19)8-2-1-5-17(6-8)16-11-9-3-4-13-10(9)14-7-15-11/h3-4,7-8H,1-2,5-6H2,(H,18,19)(H2,13,14,15,16). The first-order valence-corrected chi connectivity index (χ1v) is 6.26. The maximum Gasteiger partial charge on any atom is 0.307 e. The summed E-state index contributed by atoms with van der Waals surface area (Å²) in [6.07, 6.45) is 4.89. The molecule has 0 aromatic carbocycles. The molecule has 0 bridgehead atoms. The van der Waals surface area contributed by atoms with Gasteiger partial charge in [-0.15, -0.1) is 0 Å². The monoisotopic (exact) mass is 261 g/mol. The molecule has 3 heterocycles. The van der Waals surface area contributed by atoms with Gasteiger partial charge in [-0.3, -0.25) is 4.79 Å². The summed E-state index contributed by atoms with van der Waals surface area (Å²) in [6.45, 7) is 1.31. The zero-order valence-corrected chi connectivity index (χ0v) is 10.3. The first kappa shape index (κ1) is 11.9. The van der Waals surface area contributed by atoms with Crippen molar-refractivity contribution < 1.29 is 9.90 Å². The number of aromatic nitrogens is 3. The Bertz CT molecular complexity index is 597. The summed E-state index contributed by atoms with van der Waals surface area (Å²) in [7, 11) is 0. The second kappa shape index (κ2) is 4.85. The van der Waals surface area contributed by atoms with Crippen LogP contribution in [0.15, 0.2) is 18.6 Å². The van der Waals surface area contributed by atoms with Crippen molar-refractivity contribution in [2.24, 2.45) is 5.92 Å². The molecule has 19 heavy (non-hydrogen) atoms. The molecule has 2 aromatic rings. The van der Waals surface area contributed by atoms with Gasteiger partial charge in [0.15, 0.2) is 5.82 Å². The van der Waals surface area contributed by atoms with Gasteiger partial charge in [0.25, 0.3) is 0 Å². The lowest BCUT2D eigenvalue weighted by molar-refractivity contribution is -0.143. The van der Waals surface area contributed by atoms with E-state index in [2.05, 4.69) is 20.4 Å². The zero-order valence-electron chi connectivity index (χ0n) is 10.3. The number of hydrogen-bond acceptors (Lipinski definition) is 5. The normalized spacial score (nSPS) is 20.5. The lowest BCUT2D eigenvalue weighted by atomic mass is 10.00. The highest BCUT2D eigenvalue weighted by molar-refractivity contribution is 5.86. The number of aliphatic carboxylic acids is 1. The highest BCUT2D eigenvalue weighted by Crippen LogP contribution is 2.21. The molecule has 0 amide bonds. The smallest absolute Gasteiger partial charge is 0.307 e. The zero-order chi connectivity index (χ0) is 13.2. The van der Waals surface area contributed by atoms with E-state index in [-0.39, 0.29) is 5.92 Å². The minimum absolute atomic E-state index is 0.315. The topological polar surface area (TPSA) is 94.1 Å². The molecule has 2 aromatic heterocycles. The fourth-order valence-electron chi connectivity index (χ4n) is 2.39. The second-order valence-corrected chi connectivity index (χ2v) is 4.70. The quantitative estimate of drug-likeness (QED) is 0.765. The van der Waals surface area contributed by atoms with Gasteiger partial charge in [0.1, 0.15) is 12.0 Å². The maximum atomic E-state index is 11.0. The van der Waals surface area contributed by atoms with Crippen molar-refractivity contribution in [2.45, 2.75) is 12.8 Å². The Balaban J connectivity index is 1.77. The molecule has 3 N–H and O–H groups in total. The summed E-state index contributed by atoms with van der Waals surface area (Å²) < 4.78 is 0. The van der Waals surface area contributed by atoms with Crippen molar-refractivity contribution in [2.75, 3.05) is 18.5 Å². The number of piperidine rings is 1. The van der Waals surface area contributed by atoms with Gasteiger partial charge in [-0.1, -0.05) is 0 Å². The summed E-state index contributed by atoms with van der Waals surface area (Å²) in [5, 5.41) is 11.9. The van der Waals surface area contributed by atoms with E-state index < -0.39 is 5.97 Å². The van der Waals surface area contributed by atoms with Crippen LogP contribution in [0.1, 0.15) is 12.8 Å². The molecular weight excluding hydrogens is 246 g/mol. The van der Waals surface area contributed by atoms with Crippen LogP contribution in [0.3, 0.4) is 0 Å². The van der Waals surface area contributed by atoms with Crippen molar-refractivity contribution in [1.82, 2.24) is 20.0 Å². The van der Waals surface area contributed by atoms with Crippen LogP contribution in [-0.4, -0.2) is 44.1 Å². The Hall–Kier alpha value is -2.15. The molecule has 7 nitrogen and oxygen atoms in total. The Morgan fingerprint density at radius 2 is 2.42 bits per heavy atom. The van der Waals surface area contributed by atoms with Crippen LogP contribution in [0.4, 0.5) is 5.82 Å². The Kier molecular flexibility index (Phi) is 3.04. The summed E-state index contributed by atoms with van der Waals surface area (Å²) in [6, 6.07) is 1.90. The van der Waals surface area contributed by atoms with Crippen LogP contribution in [0.5, 0.6) is 0 Å². The van der Waals surface area contributed by atoms with Crippen LogP contribution < -0.4 is 5.43 Å². The largest absolute Gasteiger partial charge is 0.481 e. The number of carbonyl (C=O) groups is 1. The molecule has 7 heteroatoms. The predicted octanol–water partition coefficient (Wildman–Crippen LogP) is 1.08. The van der Waals surface area contributed by atoms with Gasteiger partial charge < -0.3 is 15.5 Å². The van der Waals surface area contributed by atoms with Gasteiger partial charge in [-0.05, 0) is 18.9 Å². The molecule has 0 spiro atoms. The van der Waals surface area contributed by atoms with Crippen molar-refractivity contribution in [1.29, 1.82) is 0 Å². The van der Waals surface area contributed by atoms with E-state index in [9.17, 15) is 4.79 Å². The molecule has 0 aliphatic carbocycles. The van der Waals surface area contributed by atoms with Crippen LogP contribution >= 0.6 is 0 Å². The molecule has 100 valence electrons. The van der Waals surface area contributed by atoms with Crippen LogP contribution in [-0.2, 0) is 4.79 Å². The third-order valence-electron chi connectivity index (χ3n) is 3.39. The van der Waals surface area contributed by atoms with E-state index >= 15 is 0 Å². The van der Waals surface area contributed by atoms with Gasteiger partial charge in [0.05, 0.1) is 11.3 Å². The summed E-state index contributed by atoms with van der Waals surface area (Å²) in [4.78, 5) is 22.4. The minimum Gasteiger partial charge on any atom is -0.481 e. The van der Waals surface area contributed by atoms with E-state index in [1.54, 1.807) is 6.20 Å². The minimum atomic E-state index is -0.735. The van der Waals surface area contributed by atoms with E-state index in [4.69, 9.17) is 5.11 Å². The number of hydrazine groups is 1. The number of nitrogens with one attached hydrogen (secondary N) is 2. The van der Waals surface area contributed by atoms with Crippen molar-refractivity contribution >= 4 is 22.8 Å². The van der Waals surface area contributed by atoms with E-state index in [0.29, 0.717) is 12.4 Å². The number of aromatic amines is 1. The molecule has 1 fully saturated rings. The Morgan fingerprint density at radius 1 is 1.53 bits per heavy atom. The summed E-state index contributed by atoms with van der Waals surface area (Å²) >= 11 is 0. The van der Waals surface area contributed by atoms with Crippen LogP contribution in [0, 0.1) is 5.92 Å². The highest BCUT2D eigenvalue weighted by atomic mass is 16.4. The van der Waals surface area contributed by atoms with Crippen LogP contribution in [0.2, 0.25) is 0 Å². The molecule has 1 aliphatic rings. The van der Waals surface area contributed by atoms with E-state index in [1.807, 2.05) is 11.1 Å². The number of H-pyrrole nitrogens is 1. The third kappa shape index (κ3) is 2.37. The molecule has 0 saturated carbocycles. The van der Waals surface area contributed by atoms with Crippen molar-refractivity contribution in [3.8, 4) is 0 Å². The van der Waals surface area contributed by atoms with Gasteiger partial charge >= 0.3 is 5.97 Å². The number of carboxylic acids is 1. The predicted molar refractivity (Wildman–Crippen MR) is 69.4 cm³/mol. The highest BCUT2D eigenvalue weighted by Gasteiger charge is 2.25. The average molecular weight is 261 g/mol. The maximum absolute atomic E-state index is 11.0. The van der Waals surface area contributed by atoms with Gasteiger partial charge in [0.2, 0.25) is 0 Å². The van der Waals surface area contributed by atoms with Gasteiger partial charge in [0, 0.05) is 19.3 Å². The summed E-state index contributed by atoms with van der Waals surface area (Å²) in [5.41, 5.74) is 3.96. The molecule has 1 saturated heterocycles.